The number of rotatable bonds is 7. The third kappa shape index (κ3) is 4.99. The highest BCUT2D eigenvalue weighted by atomic mass is 35.5. The van der Waals surface area contributed by atoms with Gasteiger partial charge in [-0.3, -0.25) is 10.1 Å². The molecule has 0 saturated heterocycles. The minimum atomic E-state index is -0.285. The molecule has 106 valence electrons. The topological polar surface area (TPSA) is 64.1 Å². The number of para-hydroxylation sites is 1. The lowest BCUT2D eigenvalue weighted by molar-refractivity contribution is -0.113. The first-order valence-electron chi connectivity index (χ1n) is 5.78. The van der Waals surface area contributed by atoms with Gasteiger partial charge in [0, 0.05) is 17.3 Å². The summed E-state index contributed by atoms with van der Waals surface area (Å²) in [4.78, 5) is 15.2. The van der Waals surface area contributed by atoms with E-state index >= 15 is 0 Å². The number of nitrogens with zero attached hydrogens (tertiary/aromatic N) is 2. The van der Waals surface area contributed by atoms with Gasteiger partial charge in [-0.15, -0.1) is 11.6 Å². The Morgan fingerprint density at radius 2 is 2.20 bits per heavy atom. The van der Waals surface area contributed by atoms with Gasteiger partial charge >= 0.3 is 0 Å². The van der Waals surface area contributed by atoms with E-state index in [1.807, 2.05) is 30.3 Å². The lowest BCUT2D eigenvalue weighted by atomic mass is 10.3. The molecule has 0 fully saturated rings. The fraction of sp³-hybridized carbons (Fsp3) is 0.250. The van der Waals surface area contributed by atoms with E-state index in [2.05, 4.69) is 14.7 Å². The highest BCUT2D eigenvalue weighted by Crippen LogP contribution is 2.20. The molecule has 0 spiro atoms. The fourth-order valence-corrected chi connectivity index (χ4v) is 2.73. The second-order valence-electron chi connectivity index (χ2n) is 3.57. The molecular weight excluding hydrogens is 318 g/mol. The molecule has 1 amide bonds. The molecular formula is C12H12ClN3O2S2. The van der Waals surface area contributed by atoms with Crippen molar-refractivity contribution in [3.8, 4) is 5.75 Å². The van der Waals surface area contributed by atoms with Gasteiger partial charge in [-0.2, -0.15) is 9.36 Å². The van der Waals surface area contributed by atoms with Gasteiger partial charge in [0.05, 0.1) is 6.61 Å². The van der Waals surface area contributed by atoms with Gasteiger partial charge in [0.15, 0.2) is 0 Å². The van der Waals surface area contributed by atoms with Crippen LogP contribution in [0.3, 0.4) is 0 Å². The number of ether oxygens (including phenoxy) is 1. The Morgan fingerprint density at radius 1 is 1.40 bits per heavy atom. The van der Waals surface area contributed by atoms with Crippen LogP contribution >= 0.6 is 34.9 Å². The van der Waals surface area contributed by atoms with Crippen molar-refractivity contribution in [2.45, 2.75) is 5.16 Å². The predicted molar refractivity (Wildman–Crippen MR) is 81.9 cm³/mol. The van der Waals surface area contributed by atoms with Crippen LogP contribution in [0.5, 0.6) is 5.75 Å². The second-order valence-corrected chi connectivity index (χ2v) is 5.66. The van der Waals surface area contributed by atoms with Crippen molar-refractivity contribution in [2.75, 3.05) is 23.6 Å². The van der Waals surface area contributed by atoms with Crippen LogP contribution in [0.1, 0.15) is 0 Å². The first kappa shape index (κ1) is 15.1. The molecule has 0 aliphatic carbocycles. The number of hydrogen-bond donors (Lipinski definition) is 1. The van der Waals surface area contributed by atoms with Crippen molar-refractivity contribution < 1.29 is 9.53 Å². The maximum Gasteiger partial charge on any atom is 0.241 e. The van der Waals surface area contributed by atoms with Gasteiger partial charge in [-0.1, -0.05) is 30.0 Å². The second kappa shape index (κ2) is 8.08. The number of alkyl halides is 1. The molecule has 0 unspecified atom stereocenters. The Labute approximate surface area is 129 Å². The Hall–Kier alpha value is -1.31. The number of carbonyl (C=O) groups is 1. The number of anilines is 1. The van der Waals surface area contributed by atoms with E-state index in [1.165, 1.54) is 11.8 Å². The van der Waals surface area contributed by atoms with Crippen LogP contribution in [0, 0.1) is 0 Å². The summed E-state index contributed by atoms with van der Waals surface area (Å²) < 4.78 is 9.68. The lowest BCUT2D eigenvalue weighted by Crippen LogP contribution is -2.12. The molecule has 0 atom stereocenters. The Kier molecular flexibility index (Phi) is 6.10. The molecule has 5 nitrogen and oxygen atoms in total. The minimum absolute atomic E-state index is 0.0903. The zero-order chi connectivity index (χ0) is 14.2. The molecule has 1 aromatic carbocycles. The van der Waals surface area contributed by atoms with Gasteiger partial charge in [0.25, 0.3) is 0 Å². The van der Waals surface area contributed by atoms with Crippen molar-refractivity contribution >= 4 is 45.9 Å². The number of halogens is 1. The average molecular weight is 330 g/mol. The van der Waals surface area contributed by atoms with Crippen molar-refractivity contribution in [3.63, 3.8) is 0 Å². The summed E-state index contributed by atoms with van der Waals surface area (Å²) in [6.07, 6.45) is 0. The van der Waals surface area contributed by atoms with Gasteiger partial charge in [-0.25, -0.2) is 0 Å². The molecule has 0 saturated carbocycles. The van der Waals surface area contributed by atoms with Gasteiger partial charge in [0.2, 0.25) is 16.2 Å². The van der Waals surface area contributed by atoms with E-state index in [0.29, 0.717) is 16.9 Å². The lowest BCUT2D eigenvalue weighted by Gasteiger charge is -2.03. The minimum Gasteiger partial charge on any atom is -0.493 e. The van der Waals surface area contributed by atoms with Crippen LogP contribution in [-0.4, -0.2) is 33.5 Å². The zero-order valence-electron chi connectivity index (χ0n) is 10.4. The highest BCUT2D eigenvalue weighted by Gasteiger charge is 2.07. The standard InChI is InChI=1S/C12H12ClN3O2S2/c13-8-10(17)14-11-15-12(16-20-11)19-7-6-18-9-4-2-1-3-5-9/h1-5H,6-8H2,(H,14,15,16,17). The summed E-state index contributed by atoms with van der Waals surface area (Å²) in [5.74, 6) is 1.20. The molecule has 1 aromatic heterocycles. The summed E-state index contributed by atoms with van der Waals surface area (Å²) in [6.45, 7) is 0.567. The number of nitrogens with one attached hydrogen (secondary N) is 1. The van der Waals surface area contributed by atoms with E-state index in [-0.39, 0.29) is 11.8 Å². The monoisotopic (exact) mass is 329 g/mol. The molecule has 0 aliphatic heterocycles. The number of hydrogen-bond acceptors (Lipinski definition) is 6. The van der Waals surface area contributed by atoms with Crippen molar-refractivity contribution in [2.24, 2.45) is 0 Å². The van der Waals surface area contributed by atoms with Crippen molar-refractivity contribution in [1.82, 2.24) is 9.36 Å². The molecule has 2 rings (SSSR count). The molecule has 8 heteroatoms. The third-order valence-electron chi connectivity index (χ3n) is 2.10. The fourth-order valence-electron chi connectivity index (χ4n) is 1.28. The SMILES string of the molecule is O=C(CCl)Nc1nc(SCCOc2ccccc2)ns1. The molecule has 1 N–H and O–H groups in total. The molecule has 20 heavy (non-hydrogen) atoms. The Bertz CT molecular complexity index is 551. The predicted octanol–water partition coefficient (Wildman–Crippen LogP) is 2.89. The first-order valence-corrected chi connectivity index (χ1v) is 8.07. The first-order chi connectivity index (χ1) is 9.78. The third-order valence-corrected chi connectivity index (χ3v) is 3.90. The molecule has 0 radical (unpaired) electrons. The summed E-state index contributed by atoms with van der Waals surface area (Å²) >= 11 is 8.00. The highest BCUT2D eigenvalue weighted by molar-refractivity contribution is 7.99. The normalized spacial score (nSPS) is 10.2. The molecule has 1 heterocycles. The van der Waals surface area contributed by atoms with Crippen LogP contribution in [0.15, 0.2) is 35.5 Å². The van der Waals surface area contributed by atoms with Crippen LogP contribution in [-0.2, 0) is 4.79 Å². The van der Waals surface area contributed by atoms with E-state index in [4.69, 9.17) is 16.3 Å². The van der Waals surface area contributed by atoms with Gasteiger partial charge in [0.1, 0.15) is 11.6 Å². The summed E-state index contributed by atoms with van der Waals surface area (Å²) in [6, 6.07) is 9.61. The van der Waals surface area contributed by atoms with Crippen molar-refractivity contribution in [1.29, 1.82) is 0 Å². The van der Waals surface area contributed by atoms with E-state index < -0.39 is 0 Å². The quantitative estimate of drug-likeness (QED) is 0.481. The summed E-state index contributed by atoms with van der Waals surface area (Å²) in [5, 5.41) is 3.64. The van der Waals surface area contributed by atoms with Gasteiger partial charge in [-0.05, 0) is 12.1 Å². The van der Waals surface area contributed by atoms with E-state index in [9.17, 15) is 4.79 Å². The largest absolute Gasteiger partial charge is 0.493 e. The van der Waals surface area contributed by atoms with E-state index in [1.54, 1.807) is 0 Å². The number of carbonyl (C=O) groups excluding carboxylic acids is 1. The summed E-state index contributed by atoms with van der Waals surface area (Å²) in [5.41, 5.74) is 0. The van der Waals surface area contributed by atoms with Crippen LogP contribution < -0.4 is 10.1 Å². The Balaban J connectivity index is 1.70. The van der Waals surface area contributed by atoms with Crippen molar-refractivity contribution in [3.05, 3.63) is 30.3 Å². The maximum absolute atomic E-state index is 11.1. The van der Waals surface area contributed by atoms with Crippen LogP contribution in [0.4, 0.5) is 5.13 Å². The molecule has 2 aromatic rings. The van der Waals surface area contributed by atoms with Gasteiger partial charge < -0.3 is 4.74 Å². The number of aromatic nitrogens is 2. The van der Waals surface area contributed by atoms with Crippen LogP contribution in [0.25, 0.3) is 0 Å². The average Bonchev–Trinajstić information content (AvgIpc) is 2.92. The molecule has 0 bridgehead atoms. The smallest absolute Gasteiger partial charge is 0.241 e. The Morgan fingerprint density at radius 3 is 2.95 bits per heavy atom. The zero-order valence-corrected chi connectivity index (χ0v) is 12.8. The molecule has 0 aliphatic rings. The maximum atomic E-state index is 11.1. The van der Waals surface area contributed by atoms with Crippen LogP contribution in [0.2, 0.25) is 0 Å². The summed E-state index contributed by atoms with van der Waals surface area (Å²) in [7, 11) is 0. The number of thioether (sulfide) groups is 1. The van der Waals surface area contributed by atoms with E-state index in [0.717, 1.165) is 23.0 Å². The number of amides is 1. The number of benzene rings is 1.